The summed E-state index contributed by atoms with van der Waals surface area (Å²) in [5, 5.41) is 13.5. The fourth-order valence-electron chi connectivity index (χ4n) is 2.77. The lowest BCUT2D eigenvalue weighted by Gasteiger charge is -2.16. The molecule has 2 unspecified atom stereocenters. The maximum atomic E-state index is 10.0. The van der Waals surface area contributed by atoms with Crippen LogP contribution in [0, 0.1) is 6.92 Å². The first-order valence-electron chi connectivity index (χ1n) is 6.78. The van der Waals surface area contributed by atoms with E-state index >= 15 is 0 Å². The number of aryl methyl sites for hydroxylation is 2. The summed E-state index contributed by atoms with van der Waals surface area (Å²) >= 11 is 0. The lowest BCUT2D eigenvalue weighted by molar-refractivity contribution is 0.143. The molecule has 1 aromatic heterocycles. The van der Waals surface area contributed by atoms with Gasteiger partial charge in [0.2, 0.25) is 0 Å². The summed E-state index contributed by atoms with van der Waals surface area (Å²) in [5.74, 6) is 0.620. The lowest BCUT2D eigenvalue weighted by atomic mass is 10.0. The summed E-state index contributed by atoms with van der Waals surface area (Å²) in [6.45, 7) is 2.64. The second-order valence-corrected chi connectivity index (χ2v) is 5.23. The van der Waals surface area contributed by atoms with Crippen LogP contribution >= 0.6 is 0 Å². The van der Waals surface area contributed by atoms with E-state index in [0.29, 0.717) is 18.3 Å². The summed E-state index contributed by atoms with van der Waals surface area (Å²) < 4.78 is 5.21. The highest BCUT2D eigenvalue weighted by atomic mass is 16.4. The molecule has 0 saturated carbocycles. The number of aliphatic hydroxyl groups is 1. The fourth-order valence-corrected chi connectivity index (χ4v) is 2.77. The largest absolute Gasteiger partial charge is 0.467 e. The van der Waals surface area contributed by atoms with Crippen molar-refractivity contribution in [2.24, 2.45) is 0 Å². The molecule has 1 aliphatic rings. The van der Waals surface area contributed by atoms with Crippen molar-refractivity contribution < 1.29 is 9.52 Å². The van der Waals surface area contributed by atoms with Crippen LogP contribution in [0.15, 0.2) is 41.0 Å². The highest BCUT2D eigenvalue weighted by molar-refractivity contribution is 5.37. The van der Waals surface area contributed by atoms with Crippen LogP contribution in [0.5, 0.6) is 0 Å². The predicted molar refractivity (Wildman–Crippen MR) is 73.9 cm³/mol. The first-order chi connectivity index (χ1) is 9.24. The first kappa shape index (κ1) is 12.5. The molecule has 0 aliphatic heterocycles. The van der Waals surface area contributed by atoms with Gasteiger partial charge in [-0.3, -0.25) is 0 Å². The minimum atomic E-state index is -0.580. The SMILES string of the molecule is Cc1ccc2c(c1)C(NCC(O)c1ccco1)CC2. The number of furan rings is 1. The quantitative estimate of drug-likeness (QED) is 0.885. The molecule has 19 heavy (non-hydrogen) atoms. The van der Waals surface area contributed by atoms with Gasteiger partial charge < -0.3 is 14.8 Å². The van der Waals surface area contributed by atoms with Gasteiger partial charge in [-0.05, 0) is 43.0 Å². The topological polar surface area (TPSA) is 45.4 Å². The molecule has 2 aromatic rings. The van der Waals surface area contributed by atoms with Crippen molar-refractivity contribution >= 4 is 0 Å². The van der Waals surface area contributed by atoms with E-state index in [0.717, 1.165) is 12.8 Å². The molecule has 3 rings (SSSR count). The van der Waals surface area contributed by atoms with E-state index < -0.39 is 6.10 Å². The van der Waals surface area contributed by atoms with Gasteiger partial charge in [0, 0.05) is 12.6 Å². The number of rotatable bonds is 4. The zero-order valence-electron chi connectivity index (χ0n) is 11.1. The number of aliphatic hydroxyl groups excluding tert-OH is 1. The lowest BCUT2D eigenvalue weighted by Crippen LogP contribution is -2.25. The Morgan fingerprint density at radius 2 is 2.32 bits per heavy atom. The Morgan fingerprint density at radius 1 is 1.42 bits per heavy atom. The minimum Gasteiger partial charge on any atom is -0.467 e. The molecule has 1 aromatic carbocycles. The Labute approximate surface area is 113 Å². The zero-order valence-corrected chi connectivity index (χ0v) is 11.1. The van der Waals surface area contributed by atoms with Crippen molar-refractivity contribution in [2.45, 2.75) is 31.9 Å². The molecule has 0 spiro atoms. The van der Waals surface area contributed by atoms with Gasteiger partial charge in [-0.15, -0.1) is 0 Å². The summed E-state index contributed by atoms with van der Waals surface area (Å²) in [5.41, 5.74) is 4.10. The van der Waals surface area contributed by atoms with Gasteiger partial charge in [0.1, 0.15) is 11.9 Å². The number of hydrogen-bond acceptors (Lipinski definition) is 3. The summed E-state index contributed by atoms with van der Waals surface area (Å²) in [6, 6.07) is 10.6. The Balaban J connectivity index is 1.65. The molecule has 2 atom stereocenters. The van der Waals surface area contributed by atoms with Crippen LogP contribution < -0.4 is 5.32 Å². The van der Waals surface area contributed by atoms with Crippen LogP contribution in [0.1, 0.15) is 41.0 Å². The molecule has 0 saturated heterocycles. The van der Waals surface area contributed by atoms with Crippen LogP contribution in [-0.4, -0.2) is 11.7 Å². The van der Waals surface area contributed by atoms with E-state index in [1.807, 2.05) is 0 Å². The third-order valence-electron chi connectivity index (χ3n) is 3.81. The Bertz CT molecular complexity index is 548. The average Bonchev–Trinajstić information content (AvgIpc) is 3.05. The number of nitrogens with one attached hydrogen (secondary N) is 1. The summed E-state index contributed by atoms with van der Waals surface area (Å²) in [7, 11) is 0. The average molecular weight is 257 g/mol. The minimum absolute atomic E-state index is 0.347. The van der Waals surface area contributed by atoms with Crippen molar-refractivity contribution in [3.8, 4) is 0 Å². The Hall–Kier alpha value is -1.58. The predicted octanol–water partition coefficient (Wildman–Crippen LogP) is 2.90. The van der Waals surface area contributed by atoms with Crippen molar-refractivity contribution in [1.82, 2.24) is 5.32 Å². The highest BCUT2D eigenvalue weighted by Crippen LogP contribution is 2.32. The number of fused-ring (bicyclic) bond motifs is 1. The Kier molecular flexibility index (Phi) is 3.40. The van der Waals surface area contributed by atoms with Gasteiger partial charge in [-0.25, -0.2) is 0 Å². The molecule has 100 valence electrons. The third-order valence-corrected chi connectivity index (χ3v) is 3.81. The van der Waals surface area contributed by atoms with Crippen molar-refractivity contribution in [3.63, 3.8) is 0 Å². The second kappa shape index (κ2) is 5.19. The van der Waals surface area contributed by atoms with Crippen molar-refractivity contribution in [3.05, 3.63) is 59.0 Å². The fraction of sp³-hybridized carbons (Fsp3) is 0.375. The zero-order chi connectivity index (χ0) is 13.2. The summed E-state index contributed by atoms with van der Waals surface area (Å²) in [4.78, 5) is 0. The monoisotopic (exact) mass is 257 g/mol. The van der Waals surface area contributed by atoms with Crippen LogP contribution in [-0.2, 0) is 6.42 Å². The van der Waals surface area contributed by atoms with E-state index in [-0.39, 0.29) is 0 Å². The number of hydrogen-bond donors (Lipinski definition) is 2. The van der Waals surface area contributed by atoms with E-state index in [4.69, 9.17) is 4.42 Å². The van der Waals surface area contributed by atoms with E-state index in [1.165, 1.54) is 16.7 Å². The summed E-state index contributed by atoms with van der Waals surface area (Å²) in [6.07, 6.45) is 3.23. The van der Waals surface area contributed by atoms with Crippen LogP contribution in [0.25, 0.3) is 0 Å². The van der Waals surface area contributed by atoms with Crippen molar-refractivity contribution in [1.29, 1.82) is 0 Å². The maximum absolute atomic E-state index is 10.0. The van der Waals surface area contributed by atoms with E-state index in [9.17, 15) is 5.11 Å². The first-order valence-corrected chi connectivity index (χ1v) is 6.78. The van der Waals surface area contributed by atoms with Gasteiger partial charge in [-0.1, -0.05) is 23.8 Å². The molecule has 1 heterocycles. The van der Waals surface area contributed by atoms with Crippen LogP contribution in [0.2, 0.25) is 0 Å². The highest BCUT2D eigenvalue weighted by Gasteiger charge is 2.23. The molecule has 0 bridgehead atoms. The van der Waals surface area contributed by atoms with Gasteiger partial charge in [0.15, 0.2) is 0 Å². The molecule has 3 nitrogen and oxygen atoms in total. The molecular weight excluding hydrogens is 238 g/mol. The third kappa shape index (κ3) is 2.57. The number of benzene rings is 1. The molecule has 2 N–H and O–H groups in total. The van der Waals surface area contributed by atoms with Gasteiger partial charge in [-0.2, -0.15) is 0 Å². The molecular formula is C16H19NO2. The van der Waals surface area contributed by atoms with E-state index in [1.54, 1.807) is 18.4 Å². The maximum Gasteiger partial charge on any atom is 0.133 e. The smallest absolute Gasteiger partial charge is 0.133 e. The normalized spacial score (nSPS) is 19.4. The van der Waals surface area contributed by atoms with Crippen LogP contribution in [0.3, 0.4) is 0 Å². The van der Waals surface area contributed by atoms with Gasteiger partial charge in [0.05, 0.1) is 6.26 Å². The molecule has 3 heteroatoms. The van der Waals surface area contributed by atoms with Crippen LogP contribution in [0.4, 0.5) is 0 Å². The Morgan fingerprint density at radius 3 is 3.11 bits per heavy atom. The van der Waals surface area contributed by atoms with Crippen molar-refractivity contribution in [2.75, 3.05) is 6.54 Å². The van der Waals surface area contributed by atoms with Gasteiger partial charge >= 0.3 is 0 Å². The molecule has 0 radical (unpaired) electrons. The molecule has 0 fully saturated rings. The molecule has 0 amide bonds. The second-order valence-electron chi connectivity index (χ2n) is 5.23. The standard InChI is InChI=1S/C16H19NO2/c1-11-4-5-12-6-7-14(13(12)9-11)17-10-15(18)16-3-2-8-19-16/h2-5,8-9,14-15,17-18H,6-7,10H2,1H3. The molecule has 1 aliphatic carbocycles. The van der Waals surface area contributed by atoms with E-state index in [2.05, 4.69) is 30.4 Å². The van der Waals surface area contributed by atoms with Gasteiger partial charge in [0.25, 0.3) is 0 Å².